The number of amides is 1. The molecule has 2 rings (SSSR count). The Balaban J connectivity index is 1.88. The number of hydrogen-bond donors (Lipinski definition) is 2. The summed E-state index contributed by atoms with van der Waals surface area (Å²) in [6.45, 7) is 4.32. The summed E-state index contributed by atoms with van der Waals surface area (Å²) in [5.74, 6) is 1.09. The molecular weight excluding hydrogens is 240 g/mol. The Labute approximate surface area is 114 Å². The van der Waals surface area contributed by atoms with E-state index in [0.717, 1.165) is 38.3 Å². The molecule has 19 heavy (non-hydrogen) atoms. The molecule has 1 fully saturated rings. The molecule has 5 nitrogen and oxygen atoms in total. The van der Waals surface area contributed by atoms with Crippen molar-refractivity contribution in [3.63, 3.8) is 0 Å². The van der Waals surface area contributed by atoms with Crippen molar-refractivity contribution in [2.75, 3.05) is 25.0 Å². The summed E-state index contributed by atoms with van der Waals surface area (Å²) in [4.78, 5) is 17.8. The highest BCUT2D eigenvalue weighted by Crippen LogP contribution is 2.18. The van der Waals surface area contributed by atoms with Crippen LogP contribution in [0.15, 0.2) is 18.3 Å². The first kappa shape index (κ1) is 13.8. The van der Waals surface area contributed by atoms with Crippen LogP contribution in [0.1, 0.15) is 25.3 Å². The van der Waals surface area contributed by atoms with Crippen LogP contribution in [0.25, 0.3) is 0 Å². The van der Waals surface area contributed by atoms with Gasteiger partial charge in [-0.25, -0.2) is 4.98 Å². The minimum absolute atomic E-state index is 0.0630. The lowest BCUT2D eigenvalue weighted by Crippen LogP contribution is -2.44. The van der Waals surface area contributed by atoms with Gasteiger partial charge in [0.05, 0.1) is 0 Å². The Bertz CT molecular complexity index is 410. The van der Waals surface area contributed by atoms with Crippen molar-refractivity contribution in [2.45, 2.75) is 32.4 Å². The van der Waals surface area contributed by atoms with Gasteiger partial charge in [0.15, 0.2) is 0 Å². The van der Waals surface area contributed by atoms with E-state index in [4.69, 9.17) is 0 Å². The van der Waals surface area contributed by atoms with Crippen molar-refractivity contribution >= 4 is 11.7 Å². The lowest BCUT2D eigenvalue weighted by molar-refractivity contribution is -0.119. The molecule has 0 aromatic carbocycles. The van der Waals surface area contributed by atoms with Crippen molar-refractivity contribution in [1.29, 1.82) is 0 Å². The van der Waals surface area contributed by atoms with Crippen LogP contribution in [0.2, 0.25) is 0 Å². The molecule has 1 saturated heterocycles. The van der Waals surface area contributed by atoms with Gasteiger partial charge in [-0.2, -0.15) is 0 Å². The number of pyridine rings is 1. The third-order valence-corrected chi connectivity index (χ3v) is 3.42. The van der Waals surface area contributed by atoms with Gasteiger partial charge in [0.25, 0.3) is 0 Å². The van der Waals surface area contributed by atoms with Crippen molar-refractivity contribution in [2.24, 2.45) is 0 Å². The molecule has 104 valence electrons. The lowest BCUT2D eigenvalue weighted by Gasteiger charge is -2.33. The van der Waals surface area contributed by atoms with E-state index in [9.17, 15) is 4.79 Å². The maximum atomic E-state index is 11.0. The molecule has 1 aromatic rings. The van der Waals surface area contributed by atoms with Gasteiger partial charge in [-0.3, -0.25) is 4.79 Å². The van der Waals surface area contributed by atoms with Crippen LogP contribution >= 0.6 is 0 Å². The fourth-order valence-corrected chi connectivity index (χ4v) is 2.45. The van der Waals surface area contributed by atoms with E-state index in [1.165, 1.54) is 5.56 Å². The first-order valence-corrected chi connectivity index (χ1v) is 6.80. The van der Waals surface area contributed by atoms with Gasteiger partial charge < -0.3 is 15.5 Å². The van der Waals surface area contributed by atoms with Gasteiger partial charge in [-0.1, -0.05) is 6.07 Å². The molecule has 0 unspecified atom stereocenters. The largest absolute Gasteiger partial charge is 0.356 e. The van der Waals surface area contributed by atoms with Crippen molar-refractivity contribution in [3.8, 4) is 0 Å². The normalized spacial score (nSPS) is 16.4. The van der Waals surface area contributed by atoms with Crippen molar-refractivity contribution in [3.05, 3.63) is 23.9 Å². The monoisotopic (exact) mass is 262 g/mol. The summed E-state index contributed by atoms with van der Waals surface area (Å²) in [6, 6.07) is 4.50. The lowest BCUT2D eigenvalue weighted by atomic mass is 10.0. The average Bonchev–Trinajstić information content (AvgIpc) is 2.40. The molecule has 1 aliphatic heterocycles. The molecule has 0 saturated carbocycles. The second-order valence-electron chi connectivity index (χ2n) is 5.02. The Hall–Kier alpha value is -1.62. The maximum Gasteiger partial charge on any atom is 0.217 e. The van der Waals surface area contributed by atoms with Gasteiger partial charge in [-0.15, -0.1) is 0 Å². The first-order valence-electron chi connectivity index (χ1n) is 6.80. The quantitative estimate of drug-likeness (QED) is 0.846. The van der Waals surface area contributed by atoms with Crippen LogP contribution in [0.5, 0.6) is 0 Å². The van der Waals surface area contributed by atoms with Crippen LogP contribution < -0.4 is 15.5 Å². The number of anilines is 1. The second-order valence-corrected chi connectivity index (χ2v) is 5.02. The van der Waals surface area contributed by atoms with E-state index in [1.54, 1.807) is 6.92 Å². The number of nitrogens with one attached hydrogen (secondary N) is 2. The van der Waals surface area contributed by atoms with E-state index in [0.29, 0.717) is 6.04 Å². The van der Waals surface area contributed by atoms with Crippen LogP contribution in [-0.2, 0) is 11.3 Å². The Morgan fingerprint density at radius 3 is 2.68 bits per heavy atom. The maximum absolute atomic E-state index is 11.0. The molecule has 0 aliphatic carbocycles. The number of rotatable bonds is 4. The molecule has 2 heterocycles. The summed E-state index contributed by atoms with van der Waals surface area (Å²) in [5, 5.41) is 6.10. The highest BCUT2D eigenvalue weighted by atomic mass is 16.1. The van der Waals surface area contributed by atoms with E-state index in [2.05, 4.69) is 32.7 Å². The molecule has 2 N–H and O–H groups in total. The smallest absolute Gasteiger partial charge is 0.217 e. The zero-order chi connectivity index (χ0) is 13.7. The molecule has 0 bridgehead atoms. The summed E-state index contributed by atoms with van der Waals surface area (Å²) < 4.78 is 0. The van der Waals surface area contributed by atoms with Crippen molar-refractivity contribution < 1.29 is 4.79 Å². The molecule has 1 aliphatic rings. The summed E-state index contributed by atoms with van der Waals surface area (Å²) >= 11 is 0. The van der Waals surface area contributed by atoms with Gasteiger partial charge in [0, 0.05) is 38.8 Å². The fraction of sp³-hybridized carbons (Fsp3) is 0.571. The molecule has 0 spiro atoms. The van der Waals surface area contributed by atoms with Crippen LogP contribution in [0, 0.1) is 0 Å². The summed E-state index contributed by atoms with van der Waals surface area (Å²) in [7, 11) is 1.93. The van der Waals surface area contributed by atoms with Crippen LogP contribution in [0.3, 0.4) is 0 Å². The predicted octanol–water partition coefficient (Wildman–Crippen LogP) is 0.906. The van der Waals surface area contributed by atoms with E-state index in [1.807, 2.05) is 13.2 Å². The van der Waals surface area contributed by atoms with Crippen LogP contribution in [-0.4, -0.2) is 37.1 Å². The van der Waals surface area contributed by atoms with E-state index < -0.39 is 0 Å². The van der Waals surface area contributed by atoms with Crippen LogP contribution in [0.4, 0.5) is 5.82 Å². The minimum Gasteiger partial charge on any atom is -0.356 e. The fourth-order valence-electron chi connectivity index (χ4n) is 2.45. The first-order chi connectivity index (χ1) is 9.19. The average molecular weight is 262 g/mol. The third kappa shape index (κ3) is 3.92. The molecule has 5 heteroatoms. The SMILES string of the molecule is CNCc1ccc(N2CCC(NC(C)=O)CC2)nc1. The highest BCUT2D eigenvalue weighted by Gasteiger charge is 2.20. The predicted molar refractivity (Wildman–Crippen MR) is 76.1 cm³/mol. The standard InChI is InChI=1S/C14H22N4O/c1-11(19)17-13-5-7-18(8-6-13)14-4-3-12(9-15-2)10-16-14/h3-4,10,13,15H,5-9H2,1-2H3,(H,17,19). The number of piperidine rings is 1. The van der Waals surface area contributed by atoms with Crippen molar-refractivity contribution in [1.82, 2.24) is 15.6 Å². The highest BCUT2D eigenvalue weighted by molar-refractivity contribution is 5.73. The Morgan fingerprint density at radius 2 is 2.16 bits per heavy atom. The summed E-state index contributed by atoms with van der Waals surface area (Å²) in [6.07, 6.45) is 3.89. The summed E-state index contributed by atoms with van der Waals surface area (Å²) in [5.41, 5.74) is 1.19. The third-order valence-electron chi connectivity index (χ3n) is 3.42. The molecular formula is C14H22N4O. The van der Waals surface area contributed by atoms with E-state index in [-0.39, 0.29) is 5.91 Å². The van der Waals surface area contributed by atoms with E-state index >= 15 is 0 Å². The van der Waals surface area contributed by atoms with Gasteiger partial charge >= 0.3 is 0 Å². The van der Waals surface area contributed by atoms with Gasteiger partial charge in [0.2, 0.25) is 5.91 Å². The number of nitrogens with zero attached hydrogens (tertiary/aromatic N) is 2. The molecule has 0 atom stereocenters. The number of hydrogen-bond acceptors (Lipinski definition) is 4. The minimum atomic E-state index is 0.0630. The Kier molecular flexibility index (Phi) is 4.74. The number of carbonyl (C=O) groups is 1. The second kappa shape index (κ2) is 6.52. The topological polar surface area (TPSA) is 57.3 Å². The molecule has 1 amide bonds. The number of aromatic nitrogens is 1. The zero-order valence-electron chi connectivity index (χ0n) is 11.6. The van der Waals surface area contributed by atoms with Gasteiger partial charge in [-0.05, 0) is 31.5 Å². The molecule has 1 aromatic heterocycles. The molecule has 0 radical (unpaired) electrons. The zero-order valence-corrected chi connectivity index (χ0v) is 11.6. The Morgan fingerprint density at radius 1 is 1.42 bits per heavy atom. The van der Waals surface area contributed by atoms with Gasteiger partial charge in [0.1, 0.15) is 5.82 Å². The number of carbonyl (C=O) groups excluding carboxylic acids is 1.